The maximum atomic E-state index is 13.0. The highest BCUT2D eigenvalue weighted by Gasteiger charge is 2.41. The van der Waals surface area contributed by atoms with Crippen molar-refractivity contribution in [3.63, 3.8) is 0 Å². The van der Waals surface area contributed by atoms with Crippen LogP contribution in [0.4, 0.5) is 4.39 Å². The third-order valence-electron chi connectivity index (χ3n) is 5.62. The van der Waals surface area contributed by atoms with Crippen molar-refractivity contribution in [2.24, 2.45) is 5.41 Å². The Morgan fingerprint density at radius 3 is 2.56 bits per heavy atom. The minimum absolute atomic E-state index is 0.101. The lowest BCUT2D eigenvalue weighted by atomic mass is 9.68. The second kappa shape index (κ2) is 8.72. The normalized spacial score (nSPS) is 21.9. The van der Waals surface area contributed by atoms with Gasteiger partial charge in [-0.3, -0.25) is 0 Å². The molecule has 1 saturated heterocycles. The van der Waals surface area contributed by atoms with Crippen molar-refractivity contribution in [2.45, 2.75) is 51.7 Å². The van der Waals surface area contributed by atoms with Crippen LogP contribution >= 0.6 is 11.6 Å². The highest BCUT2D eigenvalue weighted by atomic mass is 35.5. The zero-order valence-electron chi connectivity index (χ0n) is 16.3. The molecule has 4 heteroatoms. The van der Waals surface area contributed by atoms with Gasteiger partial charge in [-0.2, -0.15) is 0 Å². The Kier molecular flexibility index (Phi) is 6.56. The maximum absolute atomic E-state index is 13.0. The zero-order chi connectivity index (χ0) is 19.3. The number of nitrogens with two attached hydrogens (primary N) is 1. The Morgan fingerprint density at radius 1 is 1.11 bits per heavy atom. The zero-order valence-corrected chi connectivity index (χ0v) is 17.1. The lowest BCUT2D eigenvalue weighted by molar-refractivity contribution is -0.672. The lowest BCUT2D eigenvalue weighted by Gasteiger charge is -2.45. The summed E-state index contributed by atoms with van der Waals surface area (Å²) in [6.07, 6.45) is 4.21. The molecule has 0 bridgehead atoms. The van der Waals surface area contributed by atoms with E-state index in [-0.39, 0.29) is 16.8 Å². The van der Waals surface area contributed by atoms with Crippen molar-refractivity contribution in [1.82, 2.24) is 0 Å². The summed E-state index contributed by atoms with van der Waals surface area (Å²) >= 11 is 6.46. The quantitative estimate of drug-likeness (QED) is 0.678. The standard InChI is InChI=1S/C23H29ClFNO/c1-22(2)17-23(12-14-27-22,15-19-5-3-4-6-21(19)24)11-13-26-16-18-7-9-20(25)10-8-18/h3-10,26H,11-17H2,1-2H3/p+1/t23-/m0/s1. The molecular weight excluding hydrogens is 361 g/mol. The molecule has 2 N–H and O–H groups in total. The monoisotopic (exact) mass is 390 g/mol. The first-order chi connectivity index (χ1) is 12.9. The maximum Gasteiger partial charge on any atom is 0.123 e. The molecule has 27 heavy (non-hydrogen) atoms. The van der Waals surface area contributed by atoms with Crippen LogP contribution in [0.25, 0.3) is 0 Å². The fourth-order valence-corrected chi connectivity index (χ4v) is 4.58. The first-order valence-corrected chi connectivity index (χ1v) is 10.2. The molecule has 0 radical (unpaired) electrons. The molecule has 2 aromatic carbocycles. The van der Waals surface area contributed by atoms with Crippen molar-refractivity contribution in [3.05, 3.63) is 70.5 Å². The van der Waals surface area contributed by atoms with Gasteiger partial charge in [-0.05, 0) is 62.3 Å². The summed E-state index contributed by atoms with van der Waals surface area (Å²) in [5, 5.41) is 3.18. The van der Waals surface area contributed by atoms with Gasteiger partial charge in [-0.1, -0.05) is 41.9 Å². The van der Waals surface area contributed by atoms with Gasteiger partial charge in [0, 0.05) is 23.6 Å². The number of hydrogen-bond acceptors (Lipinski definition) is 1. The largest absolute Gasteiger partial charge is 0.376 e. The molecule has 2 aromatic rings. The molecule has 0 amide bonds. The van der Waals surface area contributed by atoms with E-state index in [0.29, 0.717) is 0 Å². The van der Waals surface area contributed by atoms with E-state index < -0.39 is 0 Å². The Bertz CT molecular complexity index is 746. The third-order valence-corrected chi connectivity index (χ3v) is 5.99. The van der Waals surface area contributed by atoms with Gasteiger partial charge in [0.2, 0.25) is 0 Å². The summed E-state index contributed by atoms with van der Waals surface area (Å²) < 4.78 is 19.0. The molecule has 1 aliphatic heterocycles. The molecule has 0 unspecified atom stereocenters. The first-order valence-electron chi connectivity index (χ1n) is 9.81. The van der Waals surface area contributed by atoms with Crippen molar-refractivity contribution in [1.29, 1.82) is 0 Å². The van der Waals surface area contributed by atoms with E-state index in [1.54, 1.807) is 0 Å². The van der Waals surface area contributed by atoms with E-state index >= 15 is 0 Å². The van der Waals surface area contributed by atoms with Gasteiger partial charge in [0.1, 0.15) is 12.4 Å². The highest BCUT2D eigenvalue weighted by Crippen LogP contribution is 2.44. The second-order valence-electron chi connectivity index (χ2n) is 8.46. The highest BCUT2D eigenvalue weighted by molar-refractivity contribution is 6.31. The predicted molar refractivity (Wildman–Crippen MR) is 108 cm³/mol. The molecule has 0 aliphatic carbocycles. The van der Waals surface area contributed by atoms with Gasteiger partial charge in [-0.15, -0.1) is 0 Å². The van der Waals surface area contributed by atoms with Crippen LogP contribution in [0.2, 0.25) is 5.02 Å². The van der Waals surface area contributed by atoms with Crippen molar-refractivity contribution >= 4 is 11.6 Å². The molecule has 0 saturated carbocycles. The van der Waals surface area contributed by atoms with Crippen molar-refractivity contribution in [2.75, 3.05) is 13.2 Å². The summed E-state index contributed by atoms with van der Waals surface area (Å²) in [5.41, 5.74) is 2.49. The fourth-order valence-electron chi connectivity index (χ4n) is 4.38. The van der Waals surface area contributed by atoms with Gasteiger partial charge in [0.25, 0.3) is 0 Å². The molecule has 1 fully saturated rings. The number of quaternary nitrogens is 1. The van der Waals surface area contributed by atoms with Crippen LogP contribution in [0.15, 0.2) is 48.5 Å². The van der Waals surface area contributed by atoms with Gasteiger partial charge in [-0.25, -0.2) is 4.39 Å². The Morgan fingerprint density at radius 2 is 1.85 bits per heavy atom. The SMILES string of the molecule is CC1(C)C[C@](CC[NH2+]Cc2ccc(F)cc2)(Cc2ccccc2Cl)CCO1. The van der Waals surface area contributed by atoms with Crippen LogP contribution in [-0.2, 0) is 17.7 Å². The molecule has 0 aromatic heterocycles. The van der Waals surface area contributed by atoms with Crippen LogP contribution in [0.3, 0.4) is 0 Å². The summed E-state index contributed by atoms with van der Waals surface area (Å²) in [6, 6.07) is 15.0. The van der Waals surface area contributed by atoms with Crippen LogP contribution in [0.1, 0.15) is 44.2 Å². The number of hydrogen-bond donors (Lipinski definition) is 1. The minimum atomic E-state index is -0.179. The average molecular weight is 391 g/mol. The number of ether oxygens (including phenoxy) is 1. The number of rotatable bonds is 7. The van der Waals surface area contributed by atoms with Crippen LogP contribution in [-0.4, -0.2) is 18.8 Å². The first kappa shape index (κ1) is 20.3. The molecule has 3 rings (SSSR count). The van der Waals surface area contributed by atoms with Crippen LogP contribution in [0.5, 0.6) is 0 Å². The van der Waals surface area contributed by atoms with Crippen LogP contribution < -0.4 is 5.32 Å². The molecule has 0 spiro atoms. The molecule has 1 atom stereocenters. The van der Waals surface area contributed by atoms with E-state index in [0.717, 1.165) is 56.0 Å². The fraction of sp³-hybridized carbons (Fsp3) is 0.478. The summed E-state index contributed by atoms with van der Waals surface area (Å²) in [7, 11) is 0. The van der Waals surface area contributed by atoms with E-state index in [1.165, 1.54) is 17.7 Å². The topological polar surface area (TPSA) is 25.8 Å². The van der Waals surface area contributed by atoms with Gasteiger partial charge in [0.15, 0.2) is 0 Å². The van der Waals surface area contributed by atoms with E-state index in [9.17, 15) is 4.39 Å². The van der Waals surface area contributed by atoms with Crippen molar-refractivity contribution in [3.8, 4) is 0 Å². The lowest BCUT2D eigenvalue weighted by Crippen LogP contribution is -2.83. The van der Waals surface area contributed by atoms with E-state index in [2.05, 4.69) is 31.3 Å². The number of benzene rings is 2. The minimum Gasteiger partial charge on any atom is -0.376 e. The average Bonchev–Trinajstić information content (AvgIpc) is 2.62. The van der Waals surface area contributed by atoms with E-state index in [1.807, 2.05) is 24.3 Å². The van der Waals surface area contributed by atoms with Crippen molar-refractivity contribution < 1.29 is 14.4 Å². The Hall–Kier alpha value is -1.42. The Labute approximate surface area is 167 Å². The third kappa shape index (κ3) is 5.78. The predicted octanol–water partition coefficient (Wildman–Crippen LogP) is 4.75. The van der Waals surface area contributed by atoms with Crippen LogP contribution in [0, 0.1) is 11.2 Å². The molecular formula is C23H30ClFNO+. The summed E-state index contributed by atoms with van der Waals surface area (Å²) in [6.45, 7) is 7.10. The molecule has 1 heterocycles. The second-order valence-corrected chi connectivity index (χ2v) is 8.87. The van der Waals surface area contributed by atoms with E-state index in [4.69, 9.17) is 16.3 Å². The molecule has 1 aliphatic rings. The van der Waals surface area contributed by atoms with Gasteiger partial charge < -0.3 is 10.1 Å². The van der Waals surface area contributed by atoms with Gasteiger partial charge in [0.05, 0.1) is 12.1 Å². The molecule has 2 nitrogen and oxygen atoms in total. The Balaban J connectivity index is 1.65. The smallest absolute Gasteiger partial charge is 0.123 e. The summed E-state index contributed by atoms with van der Waals surface area (Å²) in [5.74, 6) is -0.179. The number of halogens is 2. The van der Waals surface area contributed by atoms with Gasteiger partial charge >= 0.3 is 0 Å². The summed E-state index contributed by atoms with van der Waals surface area (Å²) in [4.78, 5) is 0. The molecule has 146 valence electrons.